The number of hydrogen-bond acceptors (Lipinski definition) is 4. The first-order valence-corrected chi connectivity index (χ1v) is 6.79. The van der Waals surface area contributed by atoms with Crippen LogP contribution in [0.3, 0.4) is 0 Å². The van der Waals surface area contributed by atoms with E-state index in [1.807, 2.05) is 18.2 Å². The summed E-state index contributed by atoms with van der Waals surface area (Å²) in [6.45, 7) is 2.18. The highest BCUT2D eigenvalue weighted by Gasteiger charge is 2.27. The second-order valence-electron chi connectivity index (χ2n) is 5.00. The van der Waals surface area contributed by atoms with Crippen molar-refractivity contribution in [1.29, 1.82) is 0 Å². The van der Waals surface area contributed by atoms with Crippen molar-refractivity contribution in [2.24, 2.45) is 0 Å². The number of carbonyl (C=O) groups excluding carboxylic acids is 2. The molecule has 0 aliphatic carbocycles. The minimum absolute atomic E-state index is 0. The molecule has 3 N–H and O–H groups in total. The Morgan fingerprint density at radius 2 is 2.24 bits per heavy atom. The Morgan fingerprint density at radius 1 is 1.38 bits per heavy atom. The lowest BCUT2D eigenvalue weighted by atomic mass is 10.1. The molecule has 0 radical (unpaired) electrons. The number of amides is 2. The van der Waals surface area contributed by atoms with Crippen LogP contribution in [0.5, 0.6) is 5.75 Å². The van der Waals surface area contributed by atoms with Gasteiger partial charge < -0.3 is 20.7 Å². The first-order valence-electron chi connectivity index (χ1n) is 6.79. The molecule has 0 saturated carbocycles. The Morgan fingerprint density at radius 3 is 3.00 bits per heavy atom. The quantitative estimate of drug-likeness (QED) is 0.755. The normalized spacial score (nSPS) is 20.4. The zero-order valence-electron chi connectivity index (χ0n) is 11.5. The molecule has 2 heterocycles. The van der Waals surface area contributed by atoms with E-state index in [-0.39, 0.29) is 24.2 Å². The van der Waals surface area contributed by atoms with Crippen molar-refractivity contribution in [1.82, 2.24) is 10.6 Å². The number of anilines is 1. The maximum Gasteiger partial charge on any atom is 0.246 e. The molecule has 0 aromatic heterocycles. The molecule has 6 nitrogen and oxygen atoms in total. The van der Waals surface area contributed by atoms with Crippen LogP contribution in [0, 0.1) is 0 Å². The third-order valence-electron chi connectivity index (χ3n) is 3.49. The monoisotopic (exact) mass is 311 g/mol. The van der Waals surface area contributed by atoms with Gasteiger partial charge in [0, 0.05) is 30.8 Å². The van der Waals surface area contributed by atoms with Crippen LogP contribution in [-0.2, 0) is 16.1 Å². The summed E-state index contributed by atoms with van der Waals surface area (Å²) in [5.74, 6) is 0.616. The van der Waals surface area contributed by atoms with Gasteiger partial charge in [-0.3, -0.25) is 9.59 Å². The number of ether oxygens (including phenoxy) is 1. The van der Waals surface area contributed by atoms with Gasteiger partial charge in [-0.25, -0.2) is 0 Å². The lowest BCUT2D eigenvalue weighted by molar-refractivity contribution is -0.122. The van der Waals surface area contributed by atoms with Crippen LogP contribution in [-0.4, -0.2) is 31.0 Å². The second kappa shape index (κ2) is 6.78. The Hall–Kier alpha value is -1.79. The van der Waals surface area contributed by atoms with Crippen LogP contribution in [0.4, 0.5) is 5.69 Å². The first kappa shape index (κ1) is 15.6. The average Bonchev–Trinajstić information content (AvgIpc) is 2.74. The lowest BCUT2D eigenvalue weighted by Gasteiger charge is -2.13. The molecule has 1 aromatic carbocycles. The van der Waals surface area contributed by atoms with Crippen molar-refractivity contribution >= 4 is 29.9 Å². The van der Waals surface area contributed by atoms with Crippen molar-refractivity contribution in [2.75, 3.05) is 18.5 Å². The van der Waals surface area contributed by atoms with E-state index >= 15 is 0 Å². The Kier molecular flexibility index (Phi) is 5.03. The molecular formula is C14H18ClN3O3. The summed E-state index contributed by atoms with van der Waals surface area (Å²) in [6.07, 6.45) is 0.973. The predicted octanol–water partition coefficient (Wildman–Crippen LogP) is 0.807. The van der Waals surface area contributed by atoms with Crippen molar-refractivity contribution < 1.29 is 14.3 Å². The summed E-state index contributed by atoms with van der Waals surface area (Å²) in [7, 11) is 0. The topological polar surface area (TPSA) is 79.5 Å². The lowest BCUT2D eigenvalue weighted by Crippen LogP contribution is -2.37. The number of carbonyl (C=O) groups is 2. The van der Waals surface area contributed by atoms with E-state index in [1.54, 1.807) is 0 Å². The van der Waals surface area contributed by atoms with Gasteiger partial charge in [0.25, 0.3) is 0 Å². The van der Waals surface area contributed by atoms with Crippen LogP contribution in [0.1, 0.15) is 18.4 Å². The molecule has 1 saturated heterocycles. The minimum Gasteiger partial charge on any atom is -0.492 e. The maximum atomic E-state index is 12.0. The molecule has 1 unspecified atom stereocenters. The van der Waals surface area contributed by atoms with Crippen LogP contribution in [0.2, 0.25) is 0 Å². The SMILES string of the molecule is Cl.O=C1CCC(C(=O)Nc2ccc3c(c2)CNCCO3)N1. The number of benzene rings is 1. The molecule has 2 aliphatic heterocycles. The van der Waals surface area contributed by atoms with Crippen molar-refractivity contribution in [2.45, 2.75) is 25.4 Å². The van der Waals surface area contributed by atoms with Gasteiger partial charge in [-0.15, -0.1) is 12.4 Å². The fraction of sp³-hybridized carbons (Fsp3) is 0.429. The highest BCUT2D eigenvalue weighted by atomic mass is 35.5. The van der Waals surface area contributed by atoms with E-state index in [2.05, 4.69) is 16.0 Å². The third kappa shape index (κ3) is 3.65. The highest BCUT2D eigenvalue weighted by Crippen LogP contribution is 2.24. The Labute approximate surface area is 129 Å². The van der Waals surface area contributed by atoms with Gasteiger partial charge in [0.2, 0.25) is 11.8 Å². The van der Waals surface area contributed by atoms with Crippen molar-refractivity contribution in [3.05, 3.63) is 23.8 Å². The molecule has 1 atom stereocenters. The molecule has 21 heavy (non-hydrogen) atoms. The third-order valence-corrected chi connectivity index (χ3v) is 3.49. The van der Waals surface area contributed by atoms with E-state index < -0.39 is 6.04 Å². The predicted molar refractivity (Wildman–Crippen MR) is 80.7 cm³/mol. The molecule has 0 spiro atoms. The van der Waals surface area contributed by atoms with E-state index in [0.29, 0.717) is 19.4 Å². The standard InChI is InChI=1S/C14H17N3O3.ClH/c18-13-4-2-11(17-13)14(19)16-10-1-3-12-9(7-10)8-15-5-6-20-12;/h1,3,7,11,15H,2,4-6,8H2,(H,16,19)(H,17,18);1H. The van der Waals surface area contributed by atoms with Gasteiger partial charge >= 0.3 is 0 Å². The molecule has 114 valence electrons. The molecule has 7 heteroatoms. The van der Waals surface area contributed by atoms with E-state index in [1.165, 1.54) is 0 Å². The van der Waals surface area contributed by atoms with E-state index in [9.17, 15) is 9.59 Å². The zero-order chi connectivity index (χ0) is 13.9. The Balaban J connectivity index is 0.00000161. The molecular weight excluding hydrogens is 294 g/mol. The van der Waals surface area contributed by atoms with Crippen LogP contribution >= 0.6 is 12.4 Å². The van der Waals surface area contributed by atoms with Crippen molar-refractivity contribution in [3.8, 4) is 5.75 Å². The summed E-state index contributed by atoms with van der Waals surface area (Å²) < 4.78 is 5.59. The smallest absolute Gasteiger partial charge is 0.246 e. The number of halogens is 1. The van der Waals surface area contributed by atoms with E-state index in [0.717, 1.165) is 30.1 Å². The number of hydrogen-bond donors (Lipinski definition) is 3. The summed E-state index contributed by atoms with van der Waals surface area (Å²) in [5.41, 5.74) is 1.75. The minimum atomic E-state index is -0.421. The highest BCUT2D eigenvalue weighted by molar-refractivity contribution is 5.99. The number of rotatable bonds is 2. The van der Waals surface area contributed by atoms with Gasteiger partial charge in [0.15, 0.2) is 0 Å². The summed E-state index contributed by atoms with van der Waals surface area (Å²) in [5, 5.41) is 8.75. The zero-order valence-corrected chi connectivity index (χ0v) is 12.3. The first-order chi connectivity index (χ1) is 9.72. The van der Waals surface area contributed by atoms with Gasteiger partial charge in [0.1, 0.15) is 18.4 Å². The summed E-state index contributed by atoms with van der Waals surface area (Å²) in [4.78, 5) is 23.1. The molecule has 0 bridgehead atoms. The van der Waals surface area contributed by atoms with Crippen LogP contribution in [0.25, 0.3) is 0 Å². The van der Waals surface area contributed by atoms with Crippen LogP contribution in [0.15, 0.2) is 18.2 Å². The van der Waals surface area contributed by atoms with Crippen molar-refractivity contribution in [3.63, 3.8) is 0 Å². The summed E-state index contributed by atoms with van der Waals surface area (Å²) >= 11 is 0. The average molecular weight is 312 g/mol. The van der Waals surface area contributed by atoms with E-state index in [4.69, 9.17) is 4.74 Å². The Bertz CT molecular complexity index is 550. The molecule has 2 aliphatic rings. The number of fused-ring (bicyclic) bond motifs is 1. The van der Waals surface area contributed by atoms with Gasteiger partial charge in [-0.1, -0.05) is 0 Å². The molecule has 2 amide bonds. The summed E-state index contributed by atoms with van der Waals surface area (Å²) in [6, 6.07) is 5.17. The van der Waals surface area contributed by atoms with Gasteiger partial charge in [-0.2, -0.15) is 0 Å². The largest absolute Gasteiger partial charge is 0.492 e. The fourth-order valence-electron chi connectivity index (χ4n) is 2.43. The number of nitrogens with one attached hydrogen (secondary N) is 3. The molecule has 1 aromatic rings. The van der Waals surface area contributed by atoms with Gasteiger partial charge in [-0.05, 0) is 24.6 Å². The van der Waals surface area contributed by atoms with Gasteiger partial charge in [0.05, 0.1) is 0 Å². The maximum absolute atomic E-state index is 12.0. The molecule has 3 rings (SSSR count). The second-order valence-corrected chi connectivity index (χ2v) is 5.00. The van der Waals surface area contributed by atoms with Crippen LogP contribution < -0.4 is 20.7 Å². The molecule has 1 fully saturated rings. The fourth-order valence-corrected chi connectivity index (χ4v) is 2.43.